The highest BCUT2D eigenvalue weighted by Gasteiger charge is 2.27. The van der Waals surface area contributed by atoms with Crippen molar-refractivity contribution < 1.29 is 0 Å². The molecule has 0 aliphatic heterocycles. The predicted molar refractivity (Wildman–Crippen MR) is 119 cm³/mol. The lowest BCUT2D eigenvalue weighted by Gasteiger charge is -2.13. The highest BCUT2D eigenvalue weighted by molar-refractivity contribution is 7.82. The van der Waals surface area contributed by atoms with E-state index in [9.17, 15) is 0 Å². The second kappa shape index (κ2) is 6.49. The Bertz CT molecular complexity index is 1210. The Hall–Kier alpha value is -3.23. The van der Waals surface area contributed by atoms with E-state index in [1.165, 1.54) is 10.8 Å². The van der Waals surface area contributed by atoms with Gasteiger partial charge in [-0.1, -0.05) is 97.1 Å². The first-order chi connectivity index (χ1) is 13.3. The van der Waals surface area contributed by atoms with Gasteiger partial charge in [-0.3, -0.25) is 0 Å². The molecule has 0 fully saturated rings. The van der Waals surface area contributed by atoms with Crippen LogP contribution in [0.25, 0.3) is 22.0 Å². The van der Waals surface area contributed by atoms with E-state index < -0.39 is 0 Å². The zero-order valence-electron chi connectivity index (χ0n) is 14.6. The maximum Gasteiger partial charge on any atom is 0.0558 e. The van der Waals surface area contributed by atoms with Gasteiger partial charge in [0.25, 0.3) is 0 Å². The van der Waals surface area contributed by atoms with Gasteiger partial charge in [0, 0.05) is 22.4 Å². The van der Waals surface area contributed by atoms with Crippen LogP contribution in [-0.4, -0.2) is 4.86 Å². The van der Waals surface area contributed by atoms with Crippen LogP contribution in [-0.2, 0) is 0 Å². The normalized spacial score (nSPS) is 13.1. The number of hydrogen-bond donors (Lipinski definition) is 1. The number of fused-ring (bicyclic) bond motifs is 2. The number of rotatable bonds is 3. The van der Waals surface area contributed by atoms with Crippen molar-refractivity contribution >= 4 is 44.8 Å². The predicted octanol–water partition coefficient (Wildman–Crippen LogP) is 6.55. The molecule has 0 saturated carbocycles. The van der Waals surface area contributed by atoms with Gasteiger partial charge in [-0.2, -0.15) is 0 Å². The minimum absolute atomic E-state index is 0.903. The first-order valence-corrected chi connectivity index (χ1v) is 9.42. The maximum atomic E-state index is 5.85. The SMILES string of the molecule is S=C1C(c2ccccc2)=C(Nc2ccc3ccccc3c2)c2ccccc21. The molecule has 1 aliphatic rings. The molecule has 5 rings (SSSR count). The van der Waals surface area contributed by atoms with Gasteiger partial charge in [0.2, 0.25) is 0 Å². The second-order valence-corrected chi connectivity index (χ2v) is 7.09. The highest BCUT2D eigenvalue weighted by Crippen LogP contribution is 2.39. The minimum atomic E-state index is 0.903. The number of allylic oxidation sites excluding steroid dienone is 1. The molecule has 1 N–H and O–H groups in total. The van der Waals surface area contributed by atoms with E-state index in [-0.39, 0.29) is 0 Å². The minimum Gasteiger partial charge on any atom is -0.354 e. The van der Waals surface area contributed by atoms with Crippen LogP contribution in [0.3, 0.4) is 0 Å². The Morgan fingerprint density at radius 1 is 0.593 bits per heavy atom. The molecule has 0 atom stereocenters. The summed E-state index contributed by atoms with van der Waals surface area (Å²) >= 11 is 5.85. The van der Waals surface area contributed by atoms with Gasteiger partial charge < -0.3 is 5.32 Å². The Labute approximate surface area is 164 Å². The topological polar surface area (TPSA) is 12.0 Å². The summed E-state index contributed by atoms with van der Waals surface area (Å²) in [5.41, 5.74) is 6.67. The van der Waals surface area contributed by atoms with Gasteiger partial charge in [0.05, 0.1) is 10.6 Å². The average Bonchev–Trinajstić information content (AvgIpc) is 3.00. The van der Waals surface area contributed by atoms with E-state index in [1.807, 2.05) is 12.1 Å². The third-order valence-electron chi connectivity index (χ3n) is 5.00. The molecular formula is C25H17NS. The molecule has 0 saturated heterocycles. The van der Waals surface area contributed by atoms with E-state index in [0.717, 1.165) is 38.5 Å². The van der Waals surface area contributed by atoms with E-state index in [0.29, 0.717) is 0 Å². The van der Waals surface area contributed by atoms with E-state index in [2.05, 4.69) is 90.2 Å². The molecule has 128 valence electrons. The smallest absolute Gasteiger partial charge is 0.0558 e. The van der Waals surface area contributed by atoms with Crippen LogP contribution in [0.15, 0.2) is 97.1 Å². The van der Waals surface area contributed by atoms with Crippen LogP contribution in [0.2, 0.25) is 0 Å². The molecular weight excluding hydrogens is 346 g/mol. The summed E-state index contributed by atoms with van der Waals surface area (Å²) in [4.78, 5) is 0.903. The molecule has 2 heteroatoms. The van der Waals surface area contributed by atoms with Crippen LogP contribution >= 0.6 is 12.2 Å². The van der Waals surface area contributed by atoms with Gasteiger partial charge >= 0.3 is 0 Å². The molecule has 4 aromatic carbocycles. The van der Waals surface area contributed by atoms with Crippen molar-refractivity contribution in [2.24, 2.45) is 0 Å². The standard InChI is InChI=1S/C25H17NS/c27-25-22-13-7-6-12-21(22)24(23(25)18-9-2-1-3-10-18)26-20-15-14-17-8-4-5-11-19(17)16-20/h1-16,26H. The molecule has 0 spiro atoms. The van der Waals surface area contributed by atoms with Crippen molar-refractivity contribution in [1.29, 1.82) is 0 Å². The molecule has 0 radical (unpaired) electrons. The maximum absolute atomic E-state index is 5.85. The lowest BCUT2D eigenvalue weighted by Crippen LogP contribution is -2.00. The third kappa shape index (κ3) is 2.75. The lowest BCUT2D eigenvalue weighted by molar-refractivity contribution is 1.55. The summed E-state index contributed by atoms with van der Waals surface area (Å²) in [6.07, 6.45) is 0. The van der Waals surface area contributed by atoms with Crippen molar-refractivity contribution in [3.63, 3.8) is 0 Å². The van der Waals surface area contributed by atoms with Crippen LogP contribution in [0.5, 0.6) is 0 Å². The van der Waals surface area contributed by atoms with Gasteiger partial charge in [-0.15, -0.1) is 0 Å². The van der Waals surface area contributed by atoms with Crippen LogP contribution in [0.1, 0.15) is 16.7 Å². The lowest BCUT2D eigenvalue weighted by atomic mass is 10.0. The number of hydrogen-bond acceptors (Lipinski definition) is 2. The van der Waals surface area contributed by atoms with E-state index in [1.54, 1.807) is 0 Å². The van der Waals surface area contributed by atoms with Crippen molar-refractivity contribution in [3.8, 4) is 0 Å². The number of nitrogens with one attached hydrogen (secondary N) is 1. The number of benzene rings is 4. The van der Waals surface area contributed by atoms with Crippen molar-refractivity contribution in [1.82, 2.24) is 0 Å². The Kier molecular flexibility index (Phi) is 3.84. The molecule has 1 aliphatic carbocycles. The summed E-state index contributed by atoms with van der Waals surface area (Å²) in [6.45, 7) is 0. The van der Waals surface area contributed by atoms with Crippen molar-refractivity contribution in [2.75, 3.05) is 5.32 Å². The fourth-order valence-corrected chi connectivity index (χ4v) is 4.10. The Morgan fingerprint density at radius 3 is 2.07 bits per heavy atom. The quantitative estimate of drug-likeness (QED) is 0.414. The molecule has 0 amide bonds. The number of anilines is 1. The fraction of sp³-hybridized carbons (Fsp3) is 0. The number of thiocarbonyl (C=S) groups is 1. The molecule has 4 aromatic rings. The first kappa shape index (κ1) is 16.0. The second-order valence-electron chi connectivity index (χ2n) is 6.68. The van der Waals surface area contributed by atoms with Crippen LogP contribution in [0.4, 0.5) is 5.69 Å². The summed E-state index contributed by atoms with van der Waals surface area (Å²) in [5.74, 6) is 0. The summed E-state index contributed by atoms with van der Waals surface area (Å²) in [6, 6.07) is 33.6. The summed E-state index contributed by atoms with van der Waals surface area (Å²) < 4.78 is 0. The molecule has 0 unspecified atom stereocenters. The van der Waals surface area contributed by atoms with Gasteiger partial charge in [0.1, 0.15) is 0 Å². The van der Waals surface area contributed by atoms with Gasteiger partial charge in [-0.05, 0) is 28.5 Å². The zero-order valence-corrected chi connectivity index (χ0v) is 15.5. The molecule has 27 heavy (non-hydrogen) atoms. The monoisotopic (exact) mass is 363 g/mol. The fourth-order valence-electron chi connectivity index (χ4n) is 3.70. The average molecular weight is 363 g/mol. The van der Waals surface area contributed by atoms with E-state index in [4.69, 9.17) is 12.2 Å². The van der Waals surface area contributed by atoms with Gasteiger partial charge in [-0.25, -0.2) is 0 Å². The highest BCUT2D eigenvalue weighted by atomic mass is 32.1. The molecule has 0 aromatic heterocycles. The zero-order chi connectivity index (χ0) is 18.2. The first-order valence-electron chi connectivity index (χ1n) is 9.01. The van der Waals surface area contributed by atoms with Crippen LogP contribution in [0, 0.1) is 0 Å². The van der Waals surface area contributed by atoms with Gasteiger partial charge in [0.15, 0.2) is 0 Å². The Balaban J connectivity index is 1.67. The largest absolute Gasteiger partial charge is 0.354 e. The van der Waals surface area contributed by atoms with Crippen molar-refractivity contribution in [3.05, 3.63) is 114 Å². The molecule has 0 heterocycles. The molecule has 0 bridgehead atoms. The third-order valence-corrected chi connectivity index (χ3v) is 5.42. The molecule has 1 nitrogen and oxygen atoms in total. The van der Waals surface area contributed by atoms with Crippen LogP contribution < -0.4 is 5.32 Å². The Morgan fingerprint density at radius 2 is 1.26 bits per heavy atom. The summed E-state index contributed by atoms with van der Waals surface area (Å²) in [7, 11) is 0. The summed E-state index contributed by atoms with van der Waals surface area (Å²) in [5, 5.41) is 6.12. The van der Waals surface area contributed by atoms with Crippen molar-refractivity contribution in [2.45, 2.75) is 0 Å². The van der Waals surface area contributed by atoms with E-state index >= 15 is 0 Å².